The molecule has 0 radical (unpaired) electrons. The molecule has 0 fully saturated rings. The highest BCUT2D eigenvalue weighted by Gasteiger charge is 2.13. The number of rotatable bonds is 3. The molecule has 1 rings (SSSR count). The monoisotopic (exact) mass is 177 g/mol. The van der Waals surface area contributed by atoms with E-state index in [2.05, 4.69) is 6.58 Å². The maximum absolute atomic E-state index is 9.33. The van der Waals surface area contributed by atoms with Crippen LogP contribution in [0.4, 0.5) is 0 Å². The molecule has 0 saturated carbocycles. The molecule has 2 nitrogen and oxygen atoms in total. The van der Waals surface area contributed by atoms with Crippen LogP contribution in [0.15, 0.2) is 30.8 Å². The Morgan fingerprint density at radius 1 is 1.46 bits per heavy atom. The molecule has 0 spiro atoms. The van der Waals surface area contributed by atoms with Crippen LogP contribution in [0.1, 0.15) is 24.1 Å². The van der Waals surface area contributed by atoms with Gasteiger partial charge in [0.2, 0.25) is 0 Å². The minimum absolute atomic E-state index is 0.339. The van der Waals surface area contributed by atoms with E-state index in [0.717, 1.165) is 11.1 Å². The van der Waals surface area contributed by atoms with Crippen molar-refractivity contribution in [3.05, 3.63) is 42.0 Å². The van der Waals surface area contributed by atoms with Gasteiger partial charge in [0.1, 0.15) is 0 Å². The normalized spacial score (nSPS) is 15.0. The molecule has 1 aromatic carbocycles. The fourth-order valence-electron chi connectivity index (χ4n) is 1.26. The molecule has 3 N–H and O–H groups in total. The van der Waals surface area contributed by atoms with Crippen molar-refractivity contribution in [2.75, 3.05) is 0 Å². The average molecular weight is 177 g/mol. The Morgan fingerprint density at radius 2 is 2.08 bits per heavy atom. The zero-order chi connectivity index (χ0) is 9.84. The number of hydrogen-bond acceptors (Lipinski definition) is 2. The Morgan fingerprint density at radius 3 is 2.62 bits per heavy atom. The largest absolute Gasteiger partial charge is 0.391 e. The van der Waals surface area contributed by atoms with Gasteiger partial charge in [-0.1, -0.05) is 36.9 Å². The summed E-state index contributed by atoms with van der Waals surface area (Å²) >= 11 is 0. The van der Waals surface area contributed by atoms with Gasteiger partial charge in [0.15, 0.2) is 0 Å². The van der Waals surface area contributed by atoms with Gasteiger partial charge in [0, 0.05) is 0 Å². The molecule has 1 aromatic rings. The highest BCUT2D eigenvalue weighted by atomic mass is 16.3. The van der Waals surface area contributed by atoms with Crippen LogP contribution >= 0.6 is 0 Å². The molecular weight excluding hydrogens is 162 g/mol. The quantitative estimate of drug-likeness (QED) is 0.738. The predicted octanol–water partition coefficient (Wildman–Crippen LogP) is 1.71. The van der Waals surface area contributed by atoms with Crippen molar-refractivity contribution >= 4 is 6.08 Å². The predicted molar refractivity (Wildman–Crippen MR) is 55.1 cm³/mol. The smallest absolute Gasteiger partial charge is 0.0704 e. The van der Waals surface area contributed by atoms with Gasteiger partial charge in [-0.15, -0.1) is 0 Å². The van der Waals surface area contributed by atoms with Crippen LogP contribution in [-0.4, -0.2) is 11.2 Å². The molecular formula is C11H15NO. The van der Waals surface area contributed by atoms with E-state index < -0.39 is 6.10 Å². The summed E-state index contributed by atoms with van der Waals surface area (Å²) in [6.45, 7) is 5.38. The summed E-state index contributed by atoms with van der Waals surface area (Å²) in [5.74, 6) is 0. The van der Waals surface area contributed by atoms with E-state index in [0.29, 0.717) is 0 Å². The Labute approximate surface area is 78.7 Å². The van der Waals surface area contributed by atoms with E-state index in [1.54, 1.807) is 13.0 Å². The molecule has 0 saturated heterocycles. The van der Waals surface area contributed by atoms with Crippen molar-refractivity contribution in [3.8, 4) is 0 Å². The first-order chi connectivity index (χ1) is 6.16. The van der Waals surface area contributed by atoms with Gasteiger partial charge in [-0.25, -0.2) is 0 Å². The summed E-state index contributed by atoms with van der Waals surface area (Å²) in [5.41, 5.74) is 7.74. The van der Waals surface area contributed by atoms with Crippen molar-refractivity contribution in [2.45, 2.75) is 19.1 Å². The van der Waals surface area contributed by atoms with Crippen molar-refractivity contribution in [3.63, 3.8) is 0 Å². The lowest BCUT2D eigenvalue weighted by Gasteiger charge is -2.17. The first-order valence-corrected chi connectivity index (χ1v) is 4.32. The lowest BCUT2D eigenvalue weighted by Crippen LogP contribution is -2.23. The van der Waals surface area contributed by atoms with E-state index in [-0.39, 0.29) is 6.04 Å². The highest BCUT2D eigenvalue weighted by Crippen LogP contribution is 2.19. The van der Waals surface area contributed by atoms with Gasteiger partial charge in [0.25, 0.3) is 0 Å². The second-order valence-corrected chi connectivity index (χ2v) is 3.10. The molecule has 0 heterocycles. The molecule has 0 aromatic heterocycles. The third-order valence-electron chi connectivity index (χ3n) is 2.09. The van der Waals surface area contributed by atoms with Crippen LogP contribution in [0.2, 0.25) is 0 Å². The van der Waals surface area contributed by atoms with Crippen molar-refractivity contribution in [2.24, 2.45) is 5.73 Å². The number of nitrogens with two attached hydrogens (primary N) is 1. The molecule has 70 valence electrons. The second kappa shape index (κ2) is 4.21. The summed E-state index contributed by atoms with van der Waals surface area (Å²) < 4.78 is 0. The molecule has 0 aliphatic heterocycles. The molecule has 13 heavy (non-hydrogen) atoms. The summed E-state index contributed by atoms with van der Waals surface area (Å²) in [5, 5.41) is 9.33. The fraction of sp³-hybridized carbons (Fsp3) is 0.273. The number of aliphatic hydroxyl groups excluding tert-OH is 1. The molecule has 2 atom stereocenters. The van der Waals surface area contributed by atoms with E-state index in [1.165, 1.54) is 0 Å². The Hall–Kier alpha value is -1.12. The molecule has 0 unspecified atom stereocenters. The molecule has 0 aliphatic rings. The zero-order valence-corrected chi connectivity index (χ0v) is 7.77. The fourth-order valence-corrected chi connectivity index (χ4v) is 1.26. The van der Waals surface area contributed by atoms with Crippen molar-refractivity contribution in [1.29, 1.82) is 0 Å². The van der Waals surface area contributed by atoms with E-state index in [9.17, 15) is 5.11 Å². The molecule has 0 bridgehead atoms. The van der Waals surface area contributed by atoms with Gasteiger partial charge in [-0.3, -0.25) is 0 Å². The summed E-state index contributed by atoms with van der Waals surface area (Å²) in [6.07, 6.45) is 1.21. The summed E-state index contributed by atoms with van der Waals surface area (Å²) in [4.78, 5) is 0. The summed E-state index contributed by atoms with van der Waals surface area (Å²) in [6, 6.07) is 7.34. The second-order valence-electron chi connectivity index (χ2n) is 3.10. The first kappa shape index (κ1) is 9.96. The SMILES string of the molecule is C=Cc1ccccc1[C@H](N)[C@H](C)O. The Kier molecular flexibility index (Phi) is 3.23. The maximum Gasteiger partial charge on any atom is 0.0704 e. The Bertz CT molecular complexity index is 294. The van der Waals surface area contributed by atoms with E-state index >= 15 is 0 Å². The highest BCUT2D eigenvalue weighted by molar-refractivity contribution is 5.52. The van der Waals surface area contributed by atoms with Gasteiger partial charge < -0.3 is 10.8 Å². The van der Waals surface area contributed by atoms with Crippen LogP contribution in [0.5, 0.6) is 0 Å². The van der Waals surface area contributed by atoms with Gasteiger partial charge >= 0.3 is 0 Å². The number of aliphatic hydroxyl groups is 1. The van der Waals surface area contributed by atoms with Crippen LogP contribution < -0.4 is 5.73 Å². The average Bonchev–Trinajstić information content (AvgIpc) is 2.16. The van der Waals surface area contributed by atoms with Crippen molar-refractivity contribution < 1.29 is 5.11 Å². The molecule has 0 amide bonds. The van der Waals surface area contributed by atoms with Gasteiger partial charge in [-0.05, 0) is 18.1 Å². The van der Waals surface area contributed by atoms with Crippen molar-refractivity contribution in [1.82, 2.24) is 0 Å². The van der Waals surface area contributed by atoms with E-state index in [4.69, 9.17) is 5.73 Å². The number of benzene rings is 1. The lowest BCUT2D eigenvalue weighted by atomic mass is 9.98. The van der Waals surface area contributed by atoms with Gasteiger partial charge in [-0.2, -0.15) is 0 Å². The third kappa shape index (κ3) is 2.17. The van der Waals surface area contributed by atoms with Gasteiger partial charge in [0.05, 0.1) is 12.1 Å². The standard InChI is InChI=1S/C11H15NO/c1-3-9-6-4-5-7-10(9)11(12)8(2)13/h3-8,11,13H,1,12H2,2H3/t8-,11+/m0/s1. The van der Waals surface area contributed by atoms with Crippen LogP contribution in [0.3, 0.4) is 0 Å². The van der Waals surface area contributed by atoms with Crippen LogP contribution in [0, 0.1) is 0 Å². The lowest BCUT2D eigenvalue weighted by molar-refractivity contribution is 0.164. The minimum atomic E-state index is -0.541. The first-order valence-electron chi connectivity index (χ1n) is 4.32. The number of hydrogen-bond donors (Lipinski definition) is 2. The zero-order valence-electron chi connectivity index (χ0n) is 7.77. The molecule has 0 aliphatic carbocycles. The van der Waals surface area contributed by atoms with Crippen LogP contribution in [-0.2, 0) is 0 Å². The minimum Gasteiger partial charge on any atom is -0.391 e. The maximum atomic E-state index is 9.33. The molecule has 2 heteroatoms. The Balaban J connectivity index is 3.05. The summed E-state index contributed by atoms with van der Waals surface area (Å²) in [7, 11) is 0. The van der Waals surface area contributed by atoms with Crippen LogP contribution in [0.25, 0.3) is 6.08 Å². The topological polar surface area (TPSA) is 46.2 Å². The van der Waals surface area contributed by atoms with E-state index in [1.807, 2.05) is 24.3 Å². The third-order valence-corrected chi connectivity index (χ3v) is 2.09.